The summed E-state index contributed by atoms with van der Waals surface area (Å²) in [6.45, 7) is 2.41. The van der Waals surface area contributed by atoms with Crippen molar-refractivity contribution in [2.24, 2.45) is 29.1 Å². The van der Waals surface area contributed by atoms with Crippen LogP contribution in [0.25, 0.3) is 0 Å². The summed E-state index contributed by atoms with van der Waals surface area (Å²) in [5.74, 6) is 2.88. The van der Waals surface area contributed by atoms with E-state index in [0.717, 1.165) is 30.6 Å². The number of rotatable bonds is 6. The second-order valence-electron chi connectivity index (χ2n) is 8.76. The summed E-state index contributed by atoms with van der Waals surface area (Å²) in [4.78, 5) is 12.6. The maximum absolute atomic E-state index is 12.6. The fourth-order valence-corrected chi connectivity index (χ4v) is 6.46. The van der Waals surface area contributed by atoms with Crippen LogP contribution in [0, 0.1) is 29.1 Å². The number of esters is 1. The SMILES string of the molecule is CCOC(=O)C(Cc1ccccc1)CC12CC3CC(CC(C3)C1)C2. The summed E-state index contributed by atoms with van der Waals surface area (Å²) >= 11 is 0. The number of hydrogen-bond donors (Lipinski definition) is 0. The number of ether oxygens (including phenoxy) is 1. The number of carbonyl (C=O) groups excluding carboxylic acids is 1. The molecule has 0 spiro atoms. The third-order valence-electron chi connectivity index (χ3n) is 6.79. The van der Waals surface area contributed by atoms with Gasteiger partial charge in [0.05, 0.1) is 12.5 Å². The first kappa shape index (κ1) is 16.2. The summed E-state index contributed by atoms with van der Waals surface area (Å²) in [5.41, 5.74) is 1.70. The van der Waals surface area contributed by atoms with Crippen LogP contribution in [-0.4, -0.2) is 12.6 Å². The monoisotopic (exact) mass is 326 g/mol. The highest BCUT2D eigenvalue weighted by molar-refractivity contribution is 5.73. The Morgan fingerprint density at radius 1 is 1.08 bits per heavy atom. The van der Waals surface area contributed by atoms with Crippen LogP contribution in [-0.2, 0) is 16.0 Å². The van der Waals surface area contributed by atoms with Crippen LogP contribution in [0.15, 0.2) is 30.3 Å². The Morgan fingerprint density at radius 2 is 1.67 bits per heavy atom. The van der Waals surface area contributed by atoms with Gasteiger partial charge in [-0.05, 0) is 87.0 Å². The molecule has 24 heavy (non-hydrogen) atoms. The van der Waals surface area contributed by atoms with Crippen molar-refractivity contribution in [3.05, 3.63) is 35.9 Å². The Bertz CT molecular complexity index is 542. The Balaban J connectivity index is 1.52. The molecule has 4 bridgehead atoms. The molecule has 0 saturated heterocycles. The minimum Gasteiger partial charge on any atom is -0.466 e. The molecule has 4 fully saturated rings. The van der Waals surface area contributed by atoms with Crippen molar-refractivity contribution < 1.29 is 9.53 Å². The average Bonchev–Trinajstić information content (AvgIpc) is 2.54. The molecule has 0 heterocycles. The van der Waals surface area contributed by atoms with Crippen molar-refractivity contribution in [3.8, 4) is 0 Å². The van der Waals surface area contributed by atoms with Crippen molar-refractivity contribution in [3.63, 3.8) is 0 Å². The molecule has 4 aliphatic carbocycles. The van der Waals surface area contributed by atoms with Crippen molar-refractivity contribution in [2.45, 2.75) is 58.3 Å². The highest BCUT2D eigenvalue weighted by Gasteiger charge is 2.51. The van der Waals surface area contributed by atoms with E-state index in [2.05, 4.69) is 24.3 Å². The van der Waals surface area contributed by atoms with Crippen LogP contribution in [0.4, 0.5) is 0 Å². The van der Waals surface area contributed by atoms with E-state index in [-0.39, 0.29) is 11.9 Å². The van der Waals surface area contributed by atoms with Crippen LogP contribution < -0.4 is 0 Å². The normalized spacial score (nSPS) is 35.0. The highest BCUT2D eigenvalue weighted by Crippen LogP contribution is 2.62. The molecule has 0 radical (unpaired) electrons. The molecule has 4 aliphatic rings. The predicted molar refractivity (Wildman–Crippen MR) is 95.5 cm³/mol. The highest BCUT2D eigenvalue weighted by atomic mass is 16.5. The molecule has 0 N–H and O–H groups in total. The predicted octanol–water partition coefficient (Wildman–Crippen LogP) is 5.01. The van der Waals surface area contributed by atoms with Gasteiger partial charge in [-0.2, -0.15) is 0 Å². The van der Waals surface area contributed by atoms with Gasteiger partial charge in [0.15, 0.2) is 0 Å². The first-order valence-corrected chi connectivity index (χ1v) is 9.86. The van der Waals surface area contributed by atoms with Crippen molar-refractivity contribution in [1.82, 2.24) is 0 Å². The molecular weight excluding hydrogens is 296 g/mol. The lowest BCUT2D eigenvalue weighted by molar-refractivity contribution is -0.151. The standard InChI is InChI=1S/C22H30O2/c1-2-24-21(23)20(11-16-6-4-3-5-7-16)15-22-12-17-8-18(13-22)10-19(9-17)14-22/h3-7,17-20H,2,8-15H2,1H3. The molecule has 0 amide bonds. The third kappa shape index (κ3) is 3.25. The Labute approximate surface area is 146 Å². The summed E-state index contributed by atoms with van der Waals surface area (Å²) in [7, 11) is 0. The summed E-state index contributed by atoms with van der Waals surface area (Å²) < 4.78 is 5.45. The van der Waals surface area contributed by atoms with Gasteiger partial charge < -0.3 is 4.74 Å². The maximum atomic E-state index is 12.6. The van der Waals surface area contributed by atoms with Gasteiger partial charge in [-0.3, -0.25) is 4.79 Å². The summed E-state index contributed by atoms with van der Waals surface area (Å²) in [5, 5.41) is 0. The molecule has 5 rings (SSSR count). The minimum atomic E-state index is 0.0251. The number of benzene rings is 1. The van der Waals surface area contributed by atoms with Gasteiger partial charge in [0.2, 0.25) is 0 Å². The first-order valence-electron chi connectivity index (χ1n) is 9.86. The quantitative estimate of drug-likeness (QED) is 0.687. The van der Waals surface area contributed by atoms with Crippen LogP contribution in [0.1, 0.15) is 57.4 Å². The van der Waals surface area contributed by atoms with Crippen LogP contribution in [0.3, 0.4) is 0 Å². The van der Waals surface area contributed by atoms with Gasteiger partial charge in [-0.25, -0.2) is 0 Å². The molecule has 130 valence electrons. The van der Waals surface area contributed by atoms with E-state index in [1.165, 1.54) is 44.1 Å². The molecule has 2 heteroatoms. The fraction of sp³-hybridized carbons (Fsp3) is 0.682. The van der Waals surface area contributed by atoms with Gasteiger partial charge >= 0.3 is 5.97 Å². The van der Waals surface area contributed by atoms with E-state index in [0.29, 0.717) is 12.0 Å². The average molecular weight is 326 g/mol. The molecular formula is C22H30O2. The van der Waals surface area contributed by atoms with Gasteiger partial charge in [0.1, 0.15) is 0 Å². The number of hydrogen-bond acceptors (Lipinski definition) is 2. The van der Waals surface area contributed by atoms with Gasteiger partial charge in [0, 0.05) is 0 Å². The van der Waals surface area contributed by atoms with Crippen LogP contribution in [0.5, 0.6) is 0 Å². The molecule has 0 aliphatic heterocycles. The van der Waals surface area contributed by atoms with E-state index >= 15 is 0 Å². The molecule has 2 nitrogen and oxygen atoms in total. The van der Waals surface area contributed by atoms with E-state index < -0.39 is 0 Å². The van der Waals surface area contributed by atoms with Crippen molar-refractivity contribution in [2.75, 3.05) is 6.61 Å². The lowest BCUT2D eigenvalue weighted by Crippen LogP contribution is -2.47. The second-order valence-corrected chi connectivity index (χ2v) is 8.76. The Hall–Kier alpha value is -1.31. The third-order valence-corrected chi connectivity index (χ3v) is 6.79. The lowest BCUT2D eigenvalue weighted by atomic mass is 9.48. The fourth-order valence-electron chi connectivity index (χ4n) is 6.46. The molecule has 0 aromatic heterocycles. The van der Waals surface area contributed by atoms with Gasteiger partial charge in [0.25, 0.3) is 0 Å². The molecule has 1 atom stereocenters. The second kappa shape index (κ2) is 6.54. The van der Waals surface area contributed by atoms with Crippen LogP contribution in [0.2, 0.25) is 0 Å². The van der Waals surface area contributed by atoms with E-state index in [4.69, 9.17) is 4.74 Å². The topological polar surface area (TPSA) is 26.3 Å². The van der Waals surface area contributed by atoms with Gasteiger partial charge in [-0.15, -0.1) is 0 Å². The van der Waals surface area contributed by atoms with Crippen LogP contribution >= 0.6 is 0 Å². The zero-order valence-electron chi connectivity index (χ0n) is 14.9. The largest absolute Gasteiger partial charge is 0.466 e. The Morgan fingerprint density at radius 3 is 2.21 bits per heavy atom. The van der Waals surface area contributed by atoms with Crippen molar-refractivity contribution >= 4 is 5.97 Å². The zero-order chi connectivity index (χ0) is 16.6. The maximum Gasteiger partial charge on any atom is 0.309 e. The first-order chi connectivity index (χ1) is 11.7. The molecule has 1 unspecified atom stereocenters. The molecule has 1 aromatic carbocycles. The van der Waals surface area contributed by atoms with E-state index in [1.54, 1.807) is 0 Å². The number of carbonyl (C=O) groups is 1. The van der Waals surface area contributed by atoms with E-state index in [1.807, 2.05) is 13.0 Å². The summed E-state index contributed by atoms with van der Waals surface area (Å²) in [6, 6.07) is 10.5. The van der Waals surface area contributed by atoms with Crippen molar-refractivity contribution in [1.29, 1.82) is 0 Å². The zero-order valence-corrected chi connectivity index (χ0v) is 14.9. The smallest absolute Gasteiger partial charge is 0.309 e. The lowest BCUT2D eigenvalue weighted by Gasteiger charge is -2.57. The molecule has 4 saturated carbocycles. The molecule has 1 aromatic rings. The van der Waals surface area contributed by atoms with Gasteiger partial charge in [-0.1, -0.05) is 30.3 Å². The summed E-state index contributed by atoms with van der Waals surface area (Å²) in [6.07, 6.45) is 10.4. The Kier molecular flexibility index (Phi) is 4.40. The minimum absolute atomic E-state index is 0.0251. The van der Waals surface area contributed by atoms with E-state index in [9.17, 15) is 4.79 Å².